The SMILES string of the molecule is Cc1c(Cl)cnc2c1c(C)c1n2CC(F)C(C(C)C)C1. The number of alkyl halides is 1. The fourth-order valence-corrected chi connectivity index (χ4v) is 3.61. The molecule has 3 heterocycles. The summed E-state index contributed by atoms with van der Waals surface area (Å²) < 4.78 is 16.5. The van der Waals surface area contributed by atoms with Gasteiger partial charge in [-0.25, -0.2) is 9.37 Å². The molecule has 108 valence electrons. The van der Waals surface area contributed by atoms with E-state index in [0.717, 1.165) is 23.0 Å². The minimum Gasteiger partial charge on any atom is -0.326 e. The fourth-order valence-electron chi connectivity index (χ4n) is 3.47. The van der Waals surface area contributed by atoms with E-state index in [1.807, 2.05) is 6.92 Å². The Morgan fingerprint density at radius 1 is 1.35 bits per heavy atom. The van der Waals surface area contributed by atoms with E-state index in [1.54, 1.807) is 6.20 Å². The number of aromatic nitrogens is 2. The Morgan fingerprint density at radius 3 is 2.70 bits per heavy atom. The van der Waals surface area contributed by atoms with E-state index in [0.29, 0.717) is 17.5 Å². The Hall–Kier alpha value is -1.09. The first-order chi connectivity index (χ1) is 9.41. The molecule has 0 fully saturated rings. The van der Waals surface area contributed by atoms with Crippen LogP contribution in [-0.2, 0) is 13.0 Å². The second kappa shape index (κ2) is 4.73. The maximum atomic E-state index is 14.4. The molecule has 2 aromatic heterocycles. The van der Waals surface area contributed by atoms with E-state index in [1.165, 1.54) is 11.3 Å². The molecule has 1 aliphatic rings. The highest BCUT2D eigenvalue weighted by atomic mass is 35.5. The molecule has 2 nitrogen and oxygen atoms in total. The lowest BCUT2D eigenvalue weighted by Gasteiger charge is -2.31. The van der Waals surface area contributed by atoms with Crippen molar-refractivity contribution in [1.82, 2.24) is 9.55 Å². The van der Waals surface area contributed by atoms with Gasteiger partial charge in [-0.2, -0.15) is 0 Å². The lowest BCUT2D eigenvalue weighted by molar-refractivity contribution is 0.138. The van der Waals surface area contributed by atoms with E-state index >= 15 is 0 Å². The van der Waals surface area contributed by atoms with Gasteiger partial charge in [0.25, 0.3) is 0 Å². The van der Waals surface area contributed by atoms with Gasteiger partial charge in [0, 0.05) is 17.3 Å². The number of nitrogens with zero attached hydrogens (tertiary/aromatic N) is 2. The van der Waals surface area contributed by atoms with E-state index in [9.17, 15) is 4.39 Å². The van der Waals surface area contributed by atoms with Crippen LogP contribution in [0.15, 0.2) is 6.20 Å². The van der Waals surface area contributed by atoms with Gasteiger partial charge in [0.2, 0.25) is 0 Å². The minimum absolute atomic E-state index is 0.0984. The van der Waals surface area contributed by atoms with Gasteiger partial charge in [0.15, 0.2) is 0 Å². The van der Waals surface area contributed by atoms with Crippen molar-refractivity contribution >= 4 is 22.6 Å². The Bertz CT molecular complexity index is 675. The zero-order chi connectivity index (χ0) is 14.6. The average Bonchev–Trinajstić information content (AvgIpc) is 2.66. The number of pyridine rings is 1. The highest BCUT2D eigenvalue weighted by Crippen LogP contribution is 2.37. The monoisotopic (exact) mass is 294 g/mol. The number of halogens is 2. The number of rotatable bonds is 1. The van der Waals surface area contributed by atoms with Crippen LogP contribution in [0.2, 0.25) is 5.02 Å². The predicted octanol–water partition coefficient (Wildman–Crippen LogP) is 4.47. The van der Waals surface area contributed by atoms with Gasteiger partial charge in [0.05, 0.1) is 11.6 Å². The van der Waals surface area contributed by atoms with Crippen LogP contribution in [0.25, 0.3) is 11.0 Å². The van der Waals surface area contributed by atoms with Crippen LogP contribution >= 0.6 is 11.6 Å². The van der Waals surface area contributed by atoms with Gasteiger partial charge in [-0.05, 0) is 43.2 Å². The maximum absolute atomic E-state index is 14.4. The Kier molecular flexibility index (Phi) is 3.28. The third-order valence-electron chi connectivity index (χ3n) is 4.75. The van der Waals surface area contributed by atoms with E-state index in [-0.39, 0.29) is 5.92 Å². The second-order valence-electron chi connectivity index (χ2n) is 6.24. The van der Waals surface area contributed by atoms with Gasteiger partial charge in [0.1, 0.15) is 11.8 Å². The van der Waals surface area contributed by atoms with Gasteiger partial charge >= 0.3 is 0 Å². The Labute approximate surface area is 123 Å². The molecule has 2 aromatic rings. The van der Waals surface area contributed by atoms with Gasteiger partial charge in [-0.3, -0.25) is 0 Å². The largest absolute Gasteiger partial charge is 0.326 e. The minimum atomic E-state index is -0.796. The fraction of sp³-hybridized carbons (Fsp3) is 0.562. The molecule has 0 bridgehead atoms. The summed E-state index contributed by atoms with van der Waals surface area (Å²) in [6, 6.07) is 0. The molecule has 0 aliphatic carbocycles. The zero-order valence-electron chi connectivity index (χ0n) is 12.4. The van der Waals surface area contributed by atoms with Gasteiger partial charge < -0.3 is 4.57 Å². The molecular weight excluding hydrogens is 275 g/mol. The van der Waals surface area contributed by atoms with Crippen molar-refractivity contribution in [2.45, 2.75) is 46.8 Å². The summed E-state index contributed by atoms with van der Waals surface area (Å²) in [5, 5.41) is 1.78. The molecule has 0 radical (unpaired) electrons. The van der Waals surface area contributed by atoms with Crippen LogP contribution in [0, 0.1) is 25.7 Å². The molecule has 1 aliphatic heterocycles. The average molecular weight is 295 g/mol. The lowest BCUT2D eigenvalue weighted by atomic mass is 9.84. The van der Waals surface area contributed by atoms with Crippen LogP contribution < -0.4 is 0 Å². The molecule has 3 rings (SSSR count). The topological polar surface area (TPSA) is 17.8 Å². The molecule has 2 unspecified atom stereocenters. The third-order valence-corrected chi connectivity index (χ3v) is 5.13. The van der Waals surface area contributed by atoms with E-state index in [4.69, 9.17) is 11.6 Å². The lowest BCUT2D eigenvalue weighted by Crippen LogP contribution is -2.34. The first kappa shape index (κ1) is 13.9. The summed E-state index contributed by atoms with van der Waals surface area (Å²) in [6.07, 6.45) is 1.67. The molecule has 0 aromatic carbocycles. The first-order valence-electron chi connectivity index (χ1n) is 7.18. The van der Waals surface area contributed by atoms with Crippen LogP contribution in [0.4, 0.5) is 4.39 Å². The summed E-state index contributed by atoms with van der Waals surface area (Å²) in [5.74, 6) is 0.454. The standard InChI is InChI=1S/C16H20ClFN2/c1-8(2)11-5-14-10(4)15-9(3)12(17)6-19-16(15)20(14)7-13(11)18/h6,8,11,13H,5,7H2,1-4H3. The molecule has 4 heteroatoms. The Balaban J connectivity index is 2.23. The number of fused-ring (bicyclic) bond motifs is 3. The van der Waals surface area contributed by atoms with Gasteiger partial charge in [-0.1, -0.05) is 25.4 Å². The van der Waals surface area contributed by atoms with Crippen molar-refractivity contribution in [3.8, 4) is 0 Å². The molecule has 0 saturated carbocycles. The molecule has 0 N–H and O–H groups in total. The van der Waals surface area contributed by atoms with Crippen molar-refractivity contribution in [3.05, 3.63) is 28.0 Å². The molecule has 2 atom stereocenters. The number of hydrogen-bond donors (Lipinski definition) is 0. The summed E-state index contributed by atoms with van der Waals surface area (Å²) in [4.78, 5) is 4.44. The molecule has 20 heavy (non-hydrogen) atoms. The Morgan fingerprint density at radius 2 is 2.05 bits per heavy atom. The quantitative estimate of drug-likeness (QED) is 0.758. The van der Waals surface area contributed by atoms with Crippen LogP contribution in [0.3, 0.4) is 0 Å². The highest BCUT2D eigenvalue weighted by molar-refractivity contribution is 6.32. The van der Waals surface area contributed by atoms with Crippen LogP contribution in [-0.4, -0.2) is 15.7 Å². The molecular formula is C16H20ClFN2. The van der Waals surface area contributed by atoms with Crippen molar-refractivity contribution in [2.24, 2.45) is 11.8 Å². The smallest absolute Gasteiger partial charge is 0.140 e. The number of aryl methyl sites for hydroxylation is 2. The second-order valence-corrected chi connectivity index (χ2v) is 6.65. The van der Waals surface area contributed by atoms with Crippen LogP contribution in [0.5, 0.6) is 0 Å². The van der Waals surface area contributed by atoms with E-state index < -0.39 is 6.17 Å². The predicted molar refractivity (Wildman–Crippen MR) is 81.1 cm³/mol. The summed E-state index contributed by atoms with van der Waals surface area (Å²) in [7, 11) is 0. The first-order valence-corrected chi connectivity index (χ1v) is 7.56. The van der Waals surface area contributed by atoms with Crippen LogP contribution in [0.1, 0.15) is 30.7 Å². The molecule has 0 amide bonds. The number of hydrogen-bond acceptors (Lipinski definition) is 1. The van der Waals surface area contributed by atoms with Gasteiger partial charge in [-0.15, -0.1) is 0 Å². The summed E-state index contributed by atoms with van der Waals surface area (Å²) in [5.41, 5.74) is 4.37. The van der Waals surface area contributed by atoms with Crippen molar-refractivity contribution < 1.29 is 4.39 Å². The maximum Gasteiger partial charge on any atom is 0.140 e. The third kappa shape index (κ3) is 1.86. The summed E-state index contributed by atoms with van der Waals surface area (Å²) >= 11 is 6.19. The van der Waals surface area contributed by atoms with Crippen molar-refractivity contribution in [1.29, 1.82) is 0 Å². The van der Waals surface area contributed by atoms with Crippen molar-refractivity contribution in [2.75, 3.05) is 0 Å². The van der Waals surface area contributed by atoms with E-state index in [2.05, 4.69) is 30.3 Å². The molecule has 0 spiro atoms. The zero-order valence-corrected chi connectivity index (χ0v) is 13.1. The summed E-state index contributed by atoms with van der Waals surface area (Å²) in [6.45, 7) is 8.74. The van der Waals surface area contributed by atoms with Crippen molar-refractivity contribution in [3.63, 3.8) is 0 Å². The highest BCUT2D eigenvalue weighted by Gasteiger charge is 2.33. The molecule has 0 saturated heterocycles. The normalized spacial score (nSPS) is 22.6.